The van der Waals surface area contributed by atoms with Gasteiger partial charge in [0.05, 0.1) is 11.2 Å². The lowest BCUT2D eigenvalue weighted by Crippen LogP contribution is -2.46. The predicted octanol–water partition coefficient (Wildman–Crippen LogP) is 2.86. The number of aliphatic imine (C=N–C) groups is 1. The van der Waals surface area contributed by atoms with E-state index in [-0.39, 0.29) is 11.3 Å². The Morgan fingerprint density at radius 2 is 1.86 bits per heavy atom. The van der Waals surface area contributed by atoms with Gasteiger partial charge in [0.15, 0.2) is 5.96 Å². The molecule has 2 aromatic rings. The summed E-state index contributed by atoms with van der Waals surface area (Å²) < 4.78 is 0. The Kier molecular flexibility index (Phi) is 7.03. The summed E-state index contributed by atoms with van der Waals surface area (Å²) in [5.41, 5.74) is 4.05. The molecule has 1 amide bonds. The number of benzene rings is 1. The summed E-state index contributed by atoms with van der Waals surface area (Å²) in [5, 5.41) is 9.71. The van der Waals surface area contributed by atoms with Crippen molar-refractivity contribution in [3.05, 3.63) is 52.0 Å². The van der Waals surface area contributed by atoms with Gasteiger partial charge < -0.3 is 16.0 Å². The van der Waals surface area contributed by atoms with Gasteiger partial charge in [-0.25, -0.2) is 4.98 Å². The number of aromatic nitrogens is 1. The van der Waals surface area contributed by atoms with Gasteiger partial charge in [0.25, 0.3) is 5.91 Å². The van der Waals surface area contributed by atoms with Crippen LogP contribution in [0.1, 0.15) is 46.6 Å². The number of nitrogens with one attached hydrogen (secondary N) is 3. The highest BCUT2D eigenvalue weighted by Gasteiger charge is 2.35. The molecule has 3 rings (SSSR count). The van der Waals surface area contributed by atoms with Crippen molar-refractivity contribution in [2.75, 3.05) is 26.7 Å². The molecular formula is C21H29N5OS. The van der Waals surface area contributed by atoms with Crippen molar-refractivity contribution in [1.82, 2.24) is 20.9 Å². The van der Waals surface area contributed by atoms with Gasteiger partial charge in [-0.2, -0.15) is 0 Å². The van der Waals surface area contributed by atoms with E-state index >= 15 is 0 Å². The number of hydrogen-bond acceptors (Lipinski definition) is 4. The van der Waals surface area contributed by atoms with Crippen LogP contribution in [0.5, 0.6) is 0 Å². The molecule has 0 atom stereocenters. The second kappa shape index (κ2) is 9.68. The number of rotatable bonds is 7. The normalized spacial score (nSPS) is 16.0. The Hall–Kier alpha value is -2.41. The first-order valence-electron chi connectivity index (χ1n) is 9.83. The molecule has 150 valence electrons. The van der Waals surface area contributed by atoms with Crippen LogP contribution in [0.15, 0.2) is 40.8 Å². The highest BCUT2D eigenvalue weighted by atomic mass is 32.1. The summed E-state index contributed by atoms with van der Waals surface area (Å²) in [5.74, 6) is 0.698. The van der Waals surface area contributed by atoms with Gasteiger partial charge in [-0.3, -0.25) is 9.79 Å². The van der Waals surface area contributed by atoms with Crippen LogP contribution in [0, 0.1) is 6.92 Å². The standard InChI is InChI=1S/C21H29N5OS/c1-16-18(28-15-26-16)19(27)23-12-13-24-20(22-2)25-14-21(10-6-7-11-21)17-8-4-3-5-9-17/h3-5,8-9,15H,6-7,10-14H2,1-2H3,(H,23,27)(H2,22,24,25). The number of nitrogens with zero attached hydrogens (tertiary/aromatic N) is 2. The zero-order valence-corrected chi connectivity index (χ0v) is 17.4. The lowest BCUT2D eigenvalue weighted by Gasteiger charge is -2.30. The minimum atomic E-state index is -0.0706. The Morgan fingerprint density at radius 1 is 1.14 bits per heavy atom. The number of hydrogen-bond donors (Lipinski definition) is 3. The molecule has 6 nitrogen and oxygen atoms in total. The Labute approximate surface area is 170 Å². The van der Waals surface area contributed by atoms with Crippen LogP contribution in [0.25, 0.3) is 0 Å². The summed E-state index contributed by atoms with van der Waals surface area (Å²) >= 11 is 1.37. The number of carbonyl (C=O) groups is 1. The third-order valence-electron chi connectivity index (χ3n) is 5.42. The van der Waals surface area contributed by atoms with E-state index in [4.69, 9.17) is 0 Å². The van der Waals surface area contributed by atoms with E-state index in [2.05, 4.69) is 56.3 Å². The van der Waals surface area contributed by atoms with Gasteiger partial charge >= 0.3 is 0 Å². The molecule has 7 heteroatoms. The maximum absolute atomic E-state index is 12.1. The van der Waals surface area contributed by atoms with Gasteiger partial charge in [0, 0.05) is 32.1 Å². The largest absolute Gasteiger partial charge is 0.356 e. The molecule has 0 bridgehead atoms. The van der Waals surface area contributed by atoms with Crippen LogP contribution in [-0.2, 0) is 5.41 Å². The van der Waals surface area contributed by atoms with Crippen molar-refractivity contribution in [1.29, 1.82) is 0 Å². The lowest BCUT2D eigenvalue weighted by atomic mass is 9.79. The first-order valence-corrected chi connectivity index (χ1v) is 10.7. The molecule has 1 aliphatic rings. The van der Waals surface area contributed by atoms with E-state index in [1.807, 2.05) is 6.92 Å². The highest BCUT2D eigenvalue weighted by molar-refractivity contribution is 7.11. The van der Waals surface area contributed by atoms with Crippen molar-refractivity contribution >= 4 is 23.2 Å². The second-order valence-electron chi connectivity index (χ2n) is 7.23. The van der Waals surface area contributed by atoms with Crippen LogP contribution in [0.3, 0.4) is 0 Å². The van der Waals surface area contributed by atoms with Gasteiger partial charge in [-0.1, -0.05) is 43.2 Å². The summed E-state index contributed by atoms with van der Waals surface area (Å²) in [6.07, 6.45) is 4.94. The molecule has 1 aliphatic carbocycles. The summed E-state index contributed by atoms with van der Waals surface area (Å²) in [7, 11) is 1.78. The molecule has 1 heterocycles. The molecule has 1 aromatic carbocycles. The van der Waals surface area contributed by atoms with E-state index in [0.717, 1.165) is 18.2 Å². The maximum Gasteiger partial charge on any atom is 0.263 e. The minimum absolute atomic E-state index is 0.0706. The fourth-order valence-electron chi connectivity index (χ4n) is 3.84. The van der Waals surface area contributed by atoms with Gasteiger partial charge in [0.1, 0.15) is 4.88 Å². The van der Waals surface area contributed by atoms with Crippen LogP contribution < -0.4 is 16.0 Å². The minimum Gasteiger partial charge on any atom is -0.356 e. The molecule has 0 unspecified atom stereocenters. The average Bonchev–Trinajstić information content (AvgIpc) is 3.38. The third kappa shape index (κ3) is 4.90. The molecule has 28 heavy (non-hydrogen) atoms. The van der Waals surface area contributed by atoms with Crippen molar-refractivity contribution in [3.8, 4) is 0 Å². The predicted molar refractivity (Wildman–Crippen MR) is 115 cm³/mol. The van der Waals surface area contributed by atoms with Crippen molar-refractivity contribution in [3.63, 3.8) is 0 Å². The smallest absolute Gasteiger partial charge is 0.263 e. The molecule has 0 radical (unpaired) electrons. The van der Waals surface area contributed by atoms with Gasteiger partial charge in [-0.05, 0) is 25.3 Å². The third-order valence-corrected chi connectivity index (χ3v) is 6.35. The molecule has 1 saturated carbocycles. The molecule has 0 saturated heterocycles. The van der Waals surface area contributed by atoms with Crippen molar-refractivity contribution in [2.45, 2.75) is 38.0 Å². The Bertz CT molecular complexity index is 796. The second-order valence-corrected chi connectivity index (χ2v) is 8.08. The first kappa shape index (κ1) is 20.3. The number of amides is 1. The fourth-order valence-corrected chi connectivity index (χ4v) is 4.56. The van der Waals surface area contributed by atoms with Crippen molar-refractivity contribution in [2.24, 2.45) is 4.99 Å². The number of guanidine groups is 1. The maximum atomic E-state index is 12.1. The van der Waals surface area contributed by atoms with Gasteiger partial charge in [-0.15, -0.1) is 11.3 Å². The summed E-state index contributed by atoms with van der Waals surface area (Å²) in [4.78, 5) is 21.2. The SMILES string of the molecule is CN=C(NCCNC(=O)c1scnc1C)NCC1(c2ccccc2)CCCC1. The molecular weight excluding hydrogens is 370 g/mol. The van der Waals surface area contributed by atoms with E-state index in [0.29, 0.717) is 18.0 Å². The quantitative estimate of drug-likeness (QED) is 0.380. The number of thiazole rings is 1. The van der Waals surface area contributed by atoms with Crippen LogP contribution in [-0.4, -0.2) is 43.5 Å². The number of aryl methyl sites for hydroxylation is 1. The fraction of sp³-hybridized carbons (Fsp3) is 0.476. The molecule has 0 spiro atoms. The Balaban J connectivity index is 1.47. The lowest BCUT2D eigenvalue weighted by molar-refractivity contribution is 0.0957. The average molecular weight is 400 g/mol. The van der Waals surface area contributed by atoms with Crippen LogP contribution >= 0.6 is 11.3 Å². The molecule has 0 aliphatic heterocycles. The highest BCUT2D eigenvalue weighted by Crippen LogP contribution is 2.40. The van der Waals surface area contributed by atoms with Crippen LogP contribution in [0.4, 0.5) is 0 Å². The zero-order valence-electron chi connectivity index (χ0n) is 16.6. The summed E-state index contributed by atoms with van der Waals surface area (Å²) in [6.45, 7) is 3.85. The molecule has 3 N–H and O–H groups in total. The Morgan fingerprint density at radius 3 is 2.50 bits per heavy atom. The molecule has 1 aromatic heterocycles. The van der Waals surface area contributed by atoms with Crippen LogP contribution in [0.2, 0.25) is 0 Å². The van der Waals surface area contributed by atoms with E-state index in [1.165, 1.54) is 42.6 Å². The van der Waals surface area contributed by atoms with E-state index in [9.17, 15) is 4.79 Å². The molecule has 1 fully saturated rings. The van der Waals surface area contributed by atoms with E-state index < -0.39 is 0 Å². The topological polar surface area (TPSA) is 78.4 Å². The first-order chi connectivity index (χ1) is 13.6. The number of carbonyl (C=O) groups excluding carboxylic acids is 1. The monoisotopic (exact) mass is 399 g/mol. The summed E-state index contributed by atoms with van der Waals surface area (Å²) in [6, 6.07) is 10.8. The van der Waals surface area contributed by atoms with Crippen molar-refractivity contribution < 1.29 is 4.79 Å². The van der Waals surface area contributed by atoms with Gasteiger partial charge in [0.2, 0.25) is 0 Å². The van der Waals surface area contributed by atoms with E-state index in [1.54, 1.807) is 12.6 Å². The zero-order chi connectivity index (χ0) is 19.8.